The predicted molar refractivity (Wildman–Crippen MR) is 102 cm³/mol. The molecule has 0 bridgehead atoms. The number of pyridine rings is 1. The molecule has 1 aliphatic heterocycles. The van der Waals surface area contributed by atoms with Crippen LogP contribution in [-0.4, -0.2) is 45.2 Å². The molecule has 0 spiro atoms. The van der Waals surface area contributed by atoms with Crippen molar-refractivity contribution >= 4 is 22.8 Å². The number of fused-ring (bicyclic) bond motifs is 1. The number of nitrogens with zero attached hydrogens (tertiary/aromatic N) is 4. The third-order valence-electron chi connectivity index (χ3n) is 4.75. The molecule has 2 N–H and O–H groups in total. The Labute approximate surface area is 157 Å². The summed E-state index contributed by atoms with van der Waals surface area (Å²) in [6, 6.07) is 9.19. The summed E-state index contributed by atoms with van der Waals surface area (Å²) in [7, 11) is 0. The van der Waals surface area contributed by atoms with Gasteiger partial charge < -0.3 is 15.3 Å². The Morgan fingerprint density at radius 2 is 2.04 bits per heavy atom. The second-order valence-corrected chi connectivity index (χ2v) is 6.64. The number of para-hydroxylation sites is 1. The van der Waals surface area contributed by atoms with E-state index in [0.717, 1.165) is 30.8 Å². The first-order chi connectivity index (χ1) is 13.2. The third-order valence-corrected chi connectivity index (χ3v) is 4.75. The average molecular weight is 363 g/mol. The molecule has 27 heavy (non-hydrogen) atoms. The monoisotopic (exact) mass is 363 g/mol. The Balaban J connectivity index is 1.53. The summed E-state index contributed by atoms with van der Waals surface area (Å²) in [5.41, 5.74) is 2.70. The van der Waals surface area contributed by atoms with Crippen LogP contribution in [0.4, 0.5) is 5.82 Å². The topological polar surface area (TPSA) is 91.2 Å². The molecule has 0 aliphatic carbocycles. The third kappa shape index (κ3) is 3.73. The molecule has 1 aromatic carbocycles. The van der Waals surface area contributed by atoms with E-state index in [1.54, 1.807) is 30.7 Å². The molecule has 138 valence electrons. The van der Waals surface area contributed by atoms with E-state index in [-0.39, 0.29) is 12.0 Å². The van der Waals surface area contributed by atoms with Crippen LogP contribution in [-0.2, 0) is 6.54 Å². The minimum Gasteiger partial charge on any atom is -0.391 e. The molecule has 1 atom stereocenters. The maximum atomic E-state index is 12.7. The molecule has 3 heterocycles. The lowest BCUT2D eigenvalue weighted by Gasteiger charge is -2.32. The SMILES string of the molecule is O=C(NCc1cccnc1N1CCCC(O)C1)c1cccc2nccnc12. The van der Waals surface area contributed by atoms with E-state index < -0.39 is 0 Å². The summed E-state index contributed by atoms with van der Waals surface area (Å²) < 4.78 is 0. The number of aliphatic hydroxyl groups is 1. The van der Waals surface area contributed by atoms with Crippen LogP contribution in [0.3, 0.4) is 0 Å². The highest BCUT2D eigenvalue weighted by Crippen LogP contribution is 2.22. The Hall–Kier alpha value is -3.06. The molecule has 3 aromatic rings. The van der Waals surface area contributed by atoms with Crippen LogP contribution in [0.25, 0.3) is 11.0 Å². The standard InChI is InChI=1S/C20H21N5O2/c26-15-5-3-11-25(13-15)19-14(4-2-8-23-19)12-24-20(27)16-6-1-7-17-18(16)22-10-9-21-17/h1-2,4,6-10,15,26H,3,5,11-13H2,(H,24,27). The Morgan fingerprint density at radius 3 is 2.93 bits per heavy atom. The van der Waals surface area contributed by atoms with Gasteiger partial charge >= 0.3 is 0 Å². The highest BCUT2D eigenvalue weighted by Gasteiger charge is 2.21. The van der Waals surface area contributed by atoms with Gasteiger partial charge in [0.15, 0.2) is 0 Å². The van der Waals surface area contributed by atoms with Crippen molar-refractivity contribution in [3.63, 3.8) is 0 Å². The Bertz CT molecular complexity index is 957. The minimum atomic E-state index is -0.336. The number of amides is 1. The number of β-amino-alcohol motifs (C(OH)–C–C–N with tert-alkyl or cyclic N) is 1. The van der Waals surface area contributed by atoms with Gasteiger partial charge in [0.05, 0.1) is 17.2 Å². The summed E-state index contributed by atoms with van der Waals surface area (Å²) in [5, 5.41) is 12.9. The molecule has 1 fully saturated rings. The number of rotatable bonds is 4. The lowest BCUT2D eigenvalue weighted by molar-refractivity contribution is 0.0952. The fourth-order valence-corrected chi connectivity index (χ4v) is 3.45. The van der Waals surface area contributed by atoms with E-state index in [1.165, 1.54) is 0 Å². The van der Waals surface area contributed by atoms with Gasteiger partial charge in [0, 0.05) is 43.8 Å². The maximum absolute atomic E-state index is 12.7. The van der Waals surface area contributed by atoms with Crippen LogP contribution in [0.5, 0.6) is 0 Å². The molecule has 1 aliphatic rings. The van der Waals surface area contributed by atoms with Crippen LogP contribution in [0, 0.1) is 0 Å². The summed E-state index contributed by atoms with van der Waals surface area (Å²) in [5.74, 6) is 0.615. The number of hydrogen-bond acceptors (Lipinski definition) is 6. The predicted octanol–water partition coefficient (Wildman–Crippen LogP) is 1.92. The van der Waals surface area contributed by atoms with E-state index >= 15 is 0 Å². The van der Waals surface area contributed by atoms with Gasteiger partial charge in [-0.2, -0.15) is 0 Å². The lowest BCUT2D eigenvalue weighted by Crippen LogP contribution is -2.39. The first kappa shape index (κ1) is 17.4. The summed E-state index contributed by atoms with van der Waals surface area (Å²) in [6.45, 7) is 1.77. The van der Waals surface area contributed by atoms with Gasteiger partial charge in [-0.3, -0.25) is 14.8 Å². The van der Waals surface area contributed by atoms with Crippen LogP contribution in [0.1, 0.15) is 28.8 Å². The van der Waals surface area contributed by atoms with E-state index in [4.69, 9.17) is 0 Å². The number of hydrogen-bond donors (Lipinski definition) is 2. The van der Waals surface area contributed by atoms with Gasteiger partial charge in [-0.15, -0.1) is 0 Å². The summed E-state index contributed by atoms with van der Waals surface area (Å²) >= 11 is 0. The molecule has 1 unspecified atom stereocenters. The van der Waals surface area contributed by atoms with Gasteiger partial charge in [-0.25, -0.2) is 4.98 Å². The number of carbonyl (C=O) groups is 1. The number of piperidine rings is 1. The number of nitrogens with one attached hydrogen (secondary N) is 1. The fourth-order valence-electron chi connectivity index (χ4n) is 3.45. The lowest BCUT2D eigenvalue weighted by atomic mass is 10.1. The Morgan fingerprint density at radius 1 is 1.15 bits per heavy atom. The van der Waals surface area contributed by atoms with Crippen molar-refractivity contribution < 1.29 is 9.90 Å². The van der Waals surface area contributed by atoms with Crippen LogP contribution < -0.4 is 10.2 Å². The molecule has 4 rings (SSSR count). The molecule has 1 saturated heterocycles. The van der Waals surface area contributed by atoms with E-state index in [9.17, 15) is 9.90 Å². The largest absolute Gasteiger partial charge is 0.391 e. The molecule has 2 aromatic heterocycles. The van der Waals surface area contributed by atoms with Crippen molar-refractivity contribution in [2.75, 3.05) is 18.0 Å². The van der Waals surface area contributed by atoms with E-state index in [2.05, 4.69) is 25.2 Å². The zero-order valence-corrected chi connectivity index (χ0v) is 14.9. The van der Waals surface area contributed by atoms with Crippen molar-refractivity contribution in [2.24, 2.45) is 0 Å². The Kier molecular flexibility index (Phi) is 4.93. The van der Waals surface area contributed by atoms with Crippen molar-refractivity contribution in [2.45, 2.75) is 25.5 Å². The van der Waals surface area contributed by atoms with E-state index in [1.807, 2.05) is 18.2 Å². The molecular weight excluding hydrogens is 342 g/mol. The maximum Gasteiger partial charge on any atom is 0.253 e. The van der Waals surface area contributed by atoms with Crippen LogP contribution in [0.15, 0.2) is 48.9 Å². The van der Waals surface area contributed by atoms with Gasteiger partial charge in [-0.1, -0.05) is 12.1 Å². The van der Waals surface area contributed by atoms with Gasteiger partial charge in [0.2, 0.25) is 0 Å². The summed E-state index contributed by atoms with van der Waals surface area (Å²) in [4.78, 5) is 27.8. The quantitative estimate of drug-likeness (QED) is 0.736. The van der Waals surface area contributed by atoms with Crippen molar-refractivity contribution in [1.29, 1.82) is 0 Å². The van der Waals surface area contributed by atoms with Crippen molar-refractivity contribution in [3.05, 3.63) is 60.0 Å². The van der Waals surface area contributed by atoms with Crippen molar-refractivity contribution in [3.8, 4) is 0 Å². The molecule has 0 saturated carbocycles. The minimum absolute atomic E-state index is 0.199. The second-order valence-electron chi connectivity index (χ2n) is 6.64. The molecule has 7 heteroatoms. The second kappa shape index (κ2) is 7.67. The van der Waals surface area contributed by atoms with Gasteiger partial charge in [0.1, 0.15) is 11.3 Å². The normalized spacial score (nSPS) is 17.1. The fraction of sp³-hybridized carbons (Fsp3) is 0.300. The number of benzene rings is 1. The highest BCUT2D eigenvalue weighted by atomic mass is 16.3. The number of anilines is 1. The average Bonchev–Trinajstić information content (AvgIpc) is 2.72. The van der Waals surface area contributed by atoms with Crippen LogP contribution >= 0.6 is 0 Å². The number of aromatic nitrogens is 3. The smallest absolute Gasteiger partial charge is 0.253 e. The van der Waals surface area contributed by atoms with Gasteiger partial charge in [-0.05, 0) is 31.0 Å². The van der Waals surface area contributed by atoms with Gasteiger partial charge in [0.25, 0.3) is 5.91 Å². The summed E-state index contributed by atoms with van der Waals surface area (Å²) in [6.07, 6.45) is 6.34. The number of aliphatic hydroxyl groups excluding tert-OH is 1. The molecular formula is C20H21N5O2. The highest BCUT2D eigenvalue weighted by molar-refractivity contribution is 6.04. The first-order valence-electron chi connectivity index (χ1n) is 9.07. The first-order valence-corrected chi connectivity index (χ1v) is 9.07. The van der Waals surface area contributed by atoms with Crippen molar-refractivity contribution in [1.82, 2.24) is 20.3 Å². The zero-order valence-electron chi connectivity index (χ0n) is 14.9. The molecule has 0 radical (unpaired) electrons. The van der Waals surface area contributed by atoms with E-state index in [0.29, 0.717) is 29.7 Å². The molecule has 7 nitrogen and oxygen atoms in total. The zero-order chi connectivity index (χ0) is 18.6. The van der Waals surface area contributed by atoms with Crippen LogP contribution in [0.2, 0.25) is 0 Å². The molecule has 1 amide bonds. The number of carbonyl (C=O) groups excluding carboxylic acids is 1.